The monoisotopic (exact) mass is 316 g/mol. The Balaban J connectivity index is 1.98. The maximum atomic E-state index is 12.7. The number of carbonyl (C=O) groups excluding carboxylic acids is 2. The third-order valence-electron chi connectivity index (χ3n) is 3.89. The van der Waals surface area contributed by atoms with Crippen molar-refractivity contribution in [2.75, 3.05) is 32.8 Å². The van der Waals surface area contributed by atoms with Gasteiger partial charge in [-0.1, -0.05) is 37.3 Å². The predicted molar refractivity (Wildman–Crippen MR) is 89.9 cm³/mol. The first-order chi connectivity index (χ1) is 11.2. The summed E-state index contributed by atoms with van der Waals surface area (Å²) in [5, 5.41) is 0. The zero-order valence-electron chi connectivity index (χ0n) is 13.8. The molecule has 0 bridgehead atoms. The minimum atomic E-state index is -0.296. The molecule has 5 nitrogen and oxygen atoms in total. The van der Waals surface area contributed by atoms with E-state index in [0.717, 1.165) is 11.1 Å². The highest BCUT2D eigenvalue weighted by Crippen LogP contribution is 2.14. The van der Waals surface area contributed by atoms with Crippen molar-refractivity contribution >= 4 is 18.1 Å². The van der Waals surface area contributed by atoms with Gasteiger partial charge in [-0.3, -0.25) is 4.79 Å². The summed E-state index contributed by atoms with van der Waals surface area (Å²) in [6.07, 6.45) is 2.33. The summed E-state index contributed by atoms with van der Waals surface area (Å²) in [7, 11) is 0. The van der Waals surface area contributed by atoms with Gasteiger partial charge in [0.1, 0.15) is 0 Å². The van der Waals surface area contributed by atoms with Gasteiger partial charge in [0.2, 0.25) is 5.91 Å². The Bertz CT molecular complexity index is 561. The van der Waals surface area contributed by atoms with Gasteiger partial charge in [0.15, 0.2) is 0 Å². The number of rotatable bonds is 4. The number of hydrogen-bond acceptors (Lipinski definition) is 3. The third kappa shape index (κ3) is 4.58. The van der Waals surface area contributed by atoms with Crippen molar-refractivity contribution in [3.63, 3.8) is 0 Å². The molecule has 0 atom stereocenters. The van der Waals surface area contributed by atoms with E-state index in [0.29, 0.717) is 39.2 Å². The molecule has 0 N–H and O–H groups in total. The van der Waals surface area contributed by atoms with E-state index in [1.807, 2.05) is 48.2 Å². The Morgan fingerprint density at radius 1 is 1.04 bits per heavy atom. The summed E-state index contributed by atoms with van der Waals surface area (Å²) in [6.45, 7) is 6.28. The first kappa shape index (κ1) is 17.1. The lowest BCUT2D eigenvalue weighted by Gasteiger charge is -2.34. The van der Waals surface area contributed by atoms with E-state index in [1.165, 1.54) is 0 Å². The number of carbonyl (C=O) groups is 2. The minimum absolute atomic E-state index is 0.0554. The molecule has 2 amide bonds. The van der Waals surface area contributed by atoms with E-state index in [-0.39, 0.29) is 12.0 Å². The zero-order chi connectivity index (χ0) is 16.7. The van der Waals surface area contributed by atoms with Crippen LogP contribution in [0.25, 0.3) is 6.08 Å². The lowest BCUT2D eigenvalue weighted by atomic mass is 10.1. The quantitative estimate of drug-likeness (QED) is 0.803. The summed E-state index contributed by atoms with van der Waals surface area (Å²) in [4.78, 5) is 27.8. The summed E-state index contributed by atoms with van der Waals surface area (Å²) in [5.41, 5.74) is 1.82. The summed E-state index contributed by atoms with van der Waals surface area (Å²) < 4.78 is 5.00. The fourth-order valence-corrected chi connectivity index (χ4v) is 2.58. The molecule has 1 aromatic rings. The second-order valence-corrected chi connectivity index (χ2v) is 5.41. The van der Waals surface area contributed by atoms with E-state index in [1.54, 1.807) is 11.8 Å². The van der Waals surface area contributed by atoms with Gasteiger partial charge in [0.05, 0.1) is 6.61 Å². The Morgan fingerprint density at radius 2 is 1.65 bits per heavy atom. The average Bonchev–Trinajstić information content (AvgIpc) is 2.60. The molecule has 1 aliphatic rings. The highest BCUT2D eigenvalue weighted by Gasteiger charge is 2.25. The SMILES string of the molecule is CCOC(=O)N1CCN(C(=O)/C(=C/c2ccccc2)CC)CC1. The topological polar surface area (TPSA) is 49.9 Å². The molecule has 2 rings (SSSR count). The fourth-order valence-electron chi connectivity index (χ4n) is 2.58. The predicted octanol–water partition coefficient (Wildman–Crippen LogP) is 2.78. The molecule has 124 valence electrons. The van der Waals surface area contributed by atoms with Crippen molar-refractivity contribution in [3.05, 3.63) is 41.5 Å². The van der Waals surface area contributed by atoms with Crippen molar-refractivity contribution < 1.29 is 14.3 Å². The Hall–Kier alpha value is -2.30. The molecule has 0 spiro atoms. The normalized spacial score (nSPS) is 15.5. The van der Waals surface area contributed by atoms with Gasteiger partial charge < -0.3 is 14.5 Å². The first-order valence-corrected chi connectivity index (χ1v) is 8.12. The number of nitrogens with zero attached hydrogens (tertiary/aromatic N) is 2. The second kappa shape index (κ2) is 8.36. The van der Waals surface area contributed by atoms with Gasteiger partial charge in [-0.2, -0.15) is 0 Å². The van der Waals surface area contributed by atoms with Crippen molar-refractivity contribution in [1.29, 1.82) is 0 Å². The van der Waals surface area contributed by atoms with Crippen LogP contribution in [0.4, 0.5) is 4.79 Å². The molecule has 5 heteroatoms. The zero-order valence-corrected chi connectivity index (χ0v) is 13.8. The number of hydrogen-bond donors (Lipinski definition) is 0. The number of benzene rings is 1. The van der Waals surface area contributed by atoms with Crippen LogP contribution in [0.2, 0.25) is 0 Å². The van der Waals surface area contributed by atoms with Crippen LogP contribution in [0.15, 0.2) is 35.9 Å². The second-order valence-electron chi connectivity index (χ2n) is 5.41. The van der Waals surface area contributed by atoms with Crippen molar-refractivity contribution in [2.24, 2.45) is 0 Å². The number of ether oxygens (including phenoxy) is 1. The Morgan fingerprint density at radius 3 is 2.22 bits per heavy atom. The van der Waals surface area contributed by atoms with E-state index in [9.17, 15) is 9.59 Å². The lowest BCUT2D eigenvalue weighted by Crippen LogP contribution is -2.51. The Kier molecular flexibility index (Phi) is 6.20. The van der Waals surface area contributed by atoms with E-state index in [2.05, 4.69) is 0 Å². The molecule has 1 aromatic carbocycles. The molecule has 23 heavy (non-hydrogen) atoms. The molecule has 1 saturated heterocycles. The van der Waals surface area contributed by atoms with Crippen LogP contribution >= 0.6 is 0 Å². The number of piperazine rings is 1. The Labute approximate surface area is 137 Å². The maximum absolute atomic E-state index is 12.7. The van der Waals surface area contributed by atoms with Crippen LogP contribution in [0.1, 0.15) is 25.8 Å². The van der Waals surface area contributed by atoms with Crippen molar-refractivity contribution in [2.45, 2.75) is 20.3 Å². The van der Waals surface area contributed by atoms with Crippen molar-refractivity contribution in [3.8, 4) is 0 Å². The van der Waals surface area contributed by atoms with Gasteiger partial charge in [0.25, 0.3) is 0 Å². The van der Waals surface area contributed by atoms with Crippen LogP contribution in [0.3, 0.4) is 0 Å². The molecule has 1 aliphatic heterocycles. The highest BCUT2D eigenvalue weighted by atomic mass is 16.6. The van der Waals surface area contributed by atoms with Crippen LogP contribution in [-0.2, 0) is 9.53 Å². The van der Waals surface area contributed by atoms with Gasteiger partial charge in [-0.05, 0) is 25.0 Å². The van der Waals surface area contributed by atoms with Gasteiger partial charge in [-0.25, -0.2) is 4.79 Å². The molecule has 0 radical (unpaired) electrons. The van der Waals surface area contributed by atoms with Crippen LogP contribution in [0, 0.1) is 0 Å². The first-order valence-electron chi connectivity index (χ1n) is 8.12. The standard InChI is InChI=1S/C18H24N2O3/c1-3-16(14-15-8-6-5-7-9-15)17(21)19-10-12-20(13-11-19)18(22)23-4-2/h5-9,14H,3-4,10-13H2,1-2H3/b16-14+. The number of amides is 2. The van der Waals surface area contributed by atoms with E-state index < -0.39 is 0 Å². The van der Waals surface area contributed by atoms with Gasteiger partial charge in [0, 0.05) is 31.8 Å². The highest BCUT2D eigenvalue weighted by molar-refractivity contribution is 5.97. The summed E-state index contributed by atoms with van der Waals surface area (Å²) in [6, 6.07) is 9.85. The average molecular weight is 316 g/mol. The van der Waals surface area contributed by atoms with Crippen LogP contribution < -0.4 is 0 Å². The molecule has 0 unspecified atom stereocenters. The largest absolute Gasteiger partial charge is 0.450 e. The van der Waals surface area contributed by atoms with Crippen LogP contribution in [0.5, 0.6) is 0 Å². The molecular weight excluding hydrogens is 292 g/mol. The van der Waals surface area contributed by atoms with E-state index >= 15 is 0 Å². The fraction of sp³-hybridized carbons (Fsp3) is 0.444. The van der Waals surface area contributed by atoms with Crippen molar-refractivity contribution in [1.82, 2.24) is 9.80 Å². The molecule has 1 heterocycles. The molecular formula is C18H24N2O3. The van der Waals surface area contributed by atoms with E-state index in [4.69, 9.17) is 4.74 Å². The van der Waals surface area contributed by atoms with Crippen LogP contribution in [-0.4, -0.2) is 54.6 Å². The third-order valence-corrected chi connectivity index (χ3v) is 3.89. The van der Waals surface area contributed by atoms with Gasteiger partial charge >= 0.3 is 6.09 Å². The smallest absolute Gasteiger partial charge is 0.409 e. The summed E-state index contributed by atoms with van der Waals surface area (Å²) in [5.74, 6) is 0.0554. The molecule has 0 saturated carbocycles. The minimum Gasteiger partial charge on any atom is -0.450 e. The summed E-state index contributed by atoms with van der Waals surface area (Å²) >= 11 is 0. The molecule has 1 fully saturated rings. The molecule has 0 aliphatic carbocycles. The maximum Gasteiger partial charge on any atom is 0.409 e. The van der Waals surface area contributed by atoms with Gasteiger partial charge in [-0.15, -0.1) is 0 Å². The lowest BCUT2D eigenvalue weighted by molar-refractivity contribution is -0.128. The molecule has 0 aromatic heterocycles.